The zero-order valence-electron chi connectivity index (χ0n) is 22.2. The molecular weight excluding hydrogens is 524 g/mol. The number of aliphatic hydroxyl groups is 2. The topological polar surface area (TPSA) is 152 Å². The van der Waals surface area contributed by atoms with E-state index in [0.717, 1.165) is 36.9 Å². The summed E-state index contributed by atoms with van der Waals surface area (Å²) in [6, 6.07) is 12.5. The van der Waals surface area contributed by atoms with Gasteiger partial charge in [-0.05, 0) is 42.5 Å². The van der Waals surface area contributed by atoms with E-state index in [0.29, 0.717) is 23.5 Å². The Labute approximate surface area is 235 Å². The molecule has 1 amide bonds. The molecule has 41 heavy (non-hydrogen) atoms. The third kappa shape index (κ3) is 4.90. The second kappa shape index (κ2) is 10.5. The number of ether oxygens (including phenoxy) is 1. The third-order valence-corrected chi connectivity index (χ3v) is 7.69. The summed E-state index contributed by atoms with van der Waals surface area (Å²) in [6.45, 7) is 1.34. The lowest BCUT2D eigenvalue weighted by Gasteiger charge is -2.16. The predicted molar refractivity (Wildman–Crippen MR) is 150 cm³/mol. The predicted octanol–water partition coefficient (Wildman–Crippen LogP) is 1.78. The fourth-order valence-electron chi connectivity index (χ4n) is 5.44. The molecule has 1 aliphatic carbocycles. The van der Waals surface area contributed by atoms with Crippen LogP contribution >= 0.6 is 0 Å². The average molecular weight is 555 g/mol. The van der Waals surface area contributed by atoms with Crippen molar-refractivity contribution < 1.29 is 19.7 Å². The Hall–Kier alpha value is -4.39. The number of para-hydroxylation sites is 1. The lowest BCUT2D eigenvalue weighted by molar-refractivity contribution is -0.137. The molecule has 5 heterocycles. The summed E-state index contributed by atoms with van der Waals surface area (Å²) in [5.74, 6) is 0.119. The summed E-state index contributed by atoms with van der Waals surface area (Å²) in [4.78, 5) is 30.0. The third-order valence-electron chi connectivity index (χ3n) is 7.69. The number of amides is 1. The van der Waals surface area contributed by atoms with Gasteiger partial charge in [-0.3, -0.25) is 14.3 Å². The number of hydrogen-bond donors (Lipinski definition) is 4. The second-order valence-corrected chi connectivity index (χ2v) is 10.6. The van der Waals surface area contributed by atoms with Gasteiger partial charge in [0.15, 0.2) is 29.3 Å². The zero-order valence-corrected chi connectivity index (χ0v) is 22.2. The molecule has 12 nitrogen and oxygen atoms in total. The molecule has 1 saturated carbocycles. The van der Waals surface area contributed by atoms with Gasteiger partial charge < -0.3 is 30.2 Å². The van der Waals surface area contributed by atoms with Crippen LogP contribution in [0.1, 0.15) is 30.2 Å². The van der Waals surface area contributed by atoms with Crippen LogP contribution in [0.2, 0.25) is 0 Å². The number of benzene rings is 1. The minimum atomic E-state index is -1.36. The summed E-state index contributed by atoms with van der Waals surface area (Å²) in [5.41, 5.74) is 4.43. The number of aromatic nitrogens is 6. The number of carbonyl (C=O) groups is 1. The van der Waals surface area contributed by atoms with Crippen molar-refractivity contribution in [1.82, 2.24) is 34.4 Å². The summed E-state index contributed by atoms with van der Waals surface area (Å²) in [6.07, 6.45) is 6.44. The number of nitrogens with one attached hydrogen (secondary N) is 2. The summed E-state index contributed by atoms with van der Waals surface area (Å²) >= 11 is 0. The van der Waals surface area contributed by atoms with E-state index in [4.69, 9.17) is 4.74 Å². The molecule has 1 aliphatic heterocycles. The second-order valence-electron chi connectivity index (χ2n) is 10.6. The van der Waals surface area contributed by atoms with Crippen LogP contribution in [0.3, 0.4) is 0 Å². The van der Waals surface area contributed by atoms with Crippen molar-refractivity contribution in [2.75, 3.05) is 11.9 Å². The van der Waals surface area contributed by atoms with Crippen molar-refractivity contribution in [3.8, 4) is 0 Å². The van der Waals surface area contributed by atoms with Crippen LogP contribution < -0.4 is 10.6 Å². The van der Waals surface area contributed by atoms with Crippen molar-refractivity contribution in [1.29, 1.82) is 0 Å². The van der Waals surface area contributed by atoms with E-state index in [9.17, 15) is 15.0 Å². The molecule has 0 bridgehead atoms. The molecule has 0 unspecified atom stereocenters. The van der Waals surface area contributed by atoms with Crippen LogP contribution in [0.15, 0.2) is 67.6 Å². The lowest BCUT2D eigenvalue weighted by atomic mass is 10.1. The normalized spacial score (nSPS) is 22.4. The van der Waals surface area contributed by atoms with Gasteiger partial charge in [0.25, 0.3) is 5.91 Å². The summed E-state index contributed by atoms with van der Waals surface area (Å²) < 4.78 is 9.59. The number of anilines is 1. The van der Waals surface area contributed by atoms with Crippen molar-refractivity contribution in [2.45, 2.75) is 56.4 Å². The van der Waals surface area contributed by atoms with E-state index < -0.39 is 30.4 Å². The maximum absolute atomic E-state index is 12.5. The summed E-state index contributed by atoms with van der Waals surface area (Å²) in [5, 5.41) is 28.6. The largest absolute Gasteiger partial charge is 0.387 e. The van der Waals surface area contributed by atoms with E-state index in [1.54, 1.807) is 6.20 Å². The number of aliphatic hydroxyl groups excluding tert-OH is 2. The molecule has 4 N–H and O–H groups in total. The molecular formula is C29H30N8O4. The number of hydrogen-bond acceptors (Lipinski definition) is 9. The van der Waals surface area contributed by atoms with Crippen LogP contribution in [0.4, 0.5) is 5.82 Å². The standard InChI is InChI=1S/C29H30N8O4/c38-23-24(39)29(41-25(23)28(40)35-19-7-8-19)37-16-34-22-26(32-15-33-27(22)37)31-11-9-18-14-36(13-17-4-3-10-30-12-17)21-6-2-1-5-20(18)21/h1-6,10,12,14-16,19,23-25,29,38-39H,7-9,11,13H2,(H,35,40)(H,31,32,33)/t23-,24+,25-,29+/m0/s1. The Morgan fingerprint density at radius 1 is 1.07 bits per heavy atom. The monoisotopic (exact) mass is 554 g/mol. The molecule has 1 aromatic carbocycles. The first-order chi connectivity index (χ1) is 20.1. The molecule has 5 aromatic rings. The molecule has 4 atom stereocenters. The molecule has 2 fully saturated rings. The number of pyridine rings is 1. The average Bonchev–Trinajstić information content (AvgIpc) is 3.48. The van der Waals surface area contributed by atoms with Crippen LogP contribution in [0, 0.1) is 0 Å². The number of nitrogens with zero attached hydrogens (tertiary/aromatic N) is 6. The maximum atomic E-state index is 12.5. The minimum Gasteiger partial charge on any atom is -0.387 e. The summed E-state index contributed by atoms with van der Waals surface area (Å²) in [7, 11) is 0. The quantitative estimate of drug-likeness (QED) is 0.214. The van der Waals surface area contributed by atoms with Crippen LogP contribution in [-0.4, -0.2) is 76.1 Å². The molecule has 12 heteroatoms. The van der Waals surface area contributed by atoms with Crippen molar-refractivity contribution in [3.63, 3.8) is 0 Å². The van der Waals surface area contributed by atoms with Gasteiger partial charge in [0.05, 0.1) is 6.33 Å². The highest BCUT2D eigenvalue weighted by Gasteiger charge is 2.48. The molecule has 7 rings (SSSR count). The van der Waals surface area contributed by atoms with E-state index in [1.807, 2.05) is 24.4 Å². The van der Waals surface area contributed by atoms with Gasteiger partial charge in [-0.2, -0.15) is 0 Å². The fourth-order valence-corrected chi connectivity index (χ4v) is 5.44. The Balaban J connectivity index is 1.07. The highest BCUT2D eigenvalue weighted by Crippen LogP contribution is 2.33. The Morgan fingerprint density at radius 2 is 1.95 bits per heavy atom. The van der Waals surface area contributed by atoms with Gasteiger partial charge >= 0.3 is 0 Å². The van der Waals surface area contributed by atoms with E-state index in [-0.39, 0.29) is 6.04 Å². The fraction of sp³-hybridized carbons (Fsp3) is 0.345. The highest BCUT2D eigenvalue weighted by molar-refractivity contribution is 5.85. The Kier molecular flexibility index (Phi) is 6.57. The van der Waals surface area contributed by atoms with Gasteiger partial charge in [0.1, 0.15) is 18.5 Å². The van der Waals surface area contributed by atoms with E-state index >= 15 is 0 Å². The van der Waals surface area contributed by atoms with E-state index in [1.165, 1.54) is 28.2 Å². The Bertz CT molecular complexity index is 1700. The van der Waals surface area contributed by atoms with Crippen molar-refractivity contribution >= 4 is 33.8 Å². The SMILES string of the molecule is O=C(NC1CC1)[C@H]1O[C@@H](n2cnc3c(NCCc4cn(Cc5cccnc5)c5ccccc45)ncnc32)[C@H](O)[C@@H]1O. The van der Waals surface area contributed by atoms with Gasteiger partial charge in [-0.15, -0.1) is 0 Å². The van der Waals surface area contributed by atoms with Gasteiger partial charge in [0, 0.05) is 48.6 Å². The van der Waals surface area contributed by atoms with E-state index in [2.05, 4.69) is 59.5 Å². The maximum Gasteiger partial charge on any atom is 0.252 e. The zero-order chi connectivity index (χ0) is 27.9. The van der Waals surface area contributed by atoms with Crippen LogP contribution in [0.5, 0.6) is 0 Å². The van der Waals surface area contributed by atoms with Gasteiger partial charge in [-0.25, -0.2) is 15.0 Å². The molecule has 0 radical (unpaired) electrons. The first-order valence-electron chi connectivity index (χ1n) is 13.8. The first-order valence-corrected chi connectivity index (χ1v) is 13.8. The number of carbonyl (C=O) groups excluding carboxylic acids is 1. The minimum absolute atomic E-state index is 0.114. The lowest BCUT2D eigenvalue weighted by Crippen LogP contribution is -2.43. The molecule has 1 saturated heterocycles. The molecule has 0 spiro atoms. The van der Waals surface area contributed by atoms with Gasteiger partial charge in [-0.1, -0.05) is 24.3 Å². The number of rotatable bonds is 9. The molecule has 2 aliphatic rings. The first kappa shape index (κ1) is 25.6. The molecule has 4 aromatic heterocycles. The van der Waals surface area contributed by atoms with Crippen molar-refractivity contribution in [3.05, 3.63) is 78.8 Å². The van der Waals surface area contributed by atoms with Crippen LogP contribution in [-0.2, 0) is 22.5 Å². The number of fused-ring (bicyclic) bond motifs is 2. The Morgan fingerprint density at radius 3 is 2.78 bits per heavy atom. The highest BCUT2D eigenvalue weighted by atomic mass is 16.6. The molecule has 210 valence electrons. The smallest absolute Gasteiger partial charge is 0.252 e. The van der Waals surface area contributed by atoms with Crippen molar-refractivity contribution in [2.24, 2.45) is 0 Å². The number of imidazole rings is 1. The van der Waals surface area contributed by atoms with Gasteiger partial charge in [0.2, 0.25) is 0 Å². The van der Waals surface area contributed by atoms with Crippen LogP contribution in [0.25, 0.3) is 22.1 Å².